The van der Waals surface area contributed by atoms with Crippen molar-refractivity contribution in [1.82, 2.24) is 15.2 Å². The van der Waals surface area contributed by atoms with E-state index in [9.17, 15) is 0 Å². The number of nitrogens with one attached hydrogen (secondary N) is 1. The van der Waals surface area contributed by atoms with Crippen LogP contribution in [-0.4, -0.2) is 23.9 Å². The lowest BCUT2D eigenvalue weighted by molar-refractivity contribution is 0.521. The zero-order valence-electron chi connectivity index (χ0n) is 12.7. The average molecular weight is 308 g/mol. The molecule has 1 heterocycles. The zero-order chi connectivity index (χ0) is 15.4. The molecule has 2 aromatic rings. The molecule has 6 heteroatoms. The predicted octanol–water partition coefficient (Wildman–Crippen LogP) is 2.57. The molecule has 0 saturated carbocycles. The topological polar surface area (TPSA) is 59.1 Å². The summed E-state index contributed by atoms with van der Waals surface area (Å²) in [6.07, 6.45) is 2.66. The highest BCUT2D eigenvalue weighted by Gasteiger charge is 2.21. The Bertz CT molecular complexity index is 593. The van der Waals surface area contributed by atoms with Gasteiger partial charge in [0.05, 0.1) is 23.0 Å². The van der Waals surface area contributed by atoms with Crippen LogP contribution in [0.1, 0.15) is 30.6 Å². The standard InChI is InChI=1S/C15H22ClN5/c1-4-8-21-15(13(16)10-18-21)14(19-17)11-6-5-7-12(9-11)20(2)3/h5-7,9-10,14,19H,4,8,17H2,1-3H3. The quantitative estimate of drug-likeness (QED) is 0.636. The van der Waals surface area contributed by atoms with E-state index in [2.05, 4.69) is 34.5 Å². The monoisotopic (exact) mass is 307 g/mol. The molecule has 3 N–H and O–H groups in total. The highest BCUT2D eigenvalue weighted by molar-refractivity contribution is 6.31. The number of nitrogens with two attached hydrogens (primary N) is 1. The lowest BCUT2D eigenvalue weighted by Crippen LogP contribution is -2.31. The number of aryl methyl sites for hydroxylation is 1. The molecular weight excluding hydrogens is 286 g/mol. The molecule has 1 unspecified atom stereocenters. The number of nitrogens with zero attached hydrogens (tertiary/aromatic N) is 3. The first kappa shape index (κ1) is 15.8. The summed E-state index contributed by atoms with van der Waals surface area (Å²) in [4.78, 5) is 2.06. The van der Waals surface area contributed by atoms with E-state index in [4.69, 9.17) is 17.4 Å². The number of hydrogen-bond acceptors (Lipinski definition) is 4. The Morgan fingerprint density at radius 1 is 1.43 bits per heavy atom. The summed E-state index contributed by atoms with van der Waals surface area (Å²) >= 11 is 6.32. The number of hydrogen-bond donors (Lipinski definition) is 2. The first-order chi connectivity index (χ1) is 10.1. The molecule has 1 aromatic carbocycles. The van der Waals surface area contributed by atoms with Crippen LogP contribution >= 0.6 is 11.6 Å². The van der Waals surface area contributed by atoms with Crippen molar-refractivity contribution in [3.63, 3.8) is 0 Å². The van der Waals surface area contributed by atoms with Crippen molar-refractivity contribution in [1.29, 1.82) is 0 Å². The lowest BCUT2D eigenvalue weighted by Gasteiger charge is -2.21. The summed E-state index contributed by atoms with van der Waals surface area (Å²) < 4.78 is 1.91. The third-order valence-electron chi connectivity index (χ3n) is 3.43. The van der Waals surface area contributed by atoms with Gasteiger partial charge in [-0.3, -0.25) is 10.5 Å². The fourth-order valence-corrected chi connectivity index (χ4v) is 2.61. The first-order valence-corrected chi connectivity index (χ1v) is 7.40. The molecule has 21 heavy (non-hydrogen) atoms. The van der Waals surface area contributed by atoms with Gasteiger partial charge < -0.3 is 4.90 Å². The molecule has 2 rings (SSSR count). The van der Waals surface area contributed by atoms with Crippen molar-refractivity contribution >= 4 is 17.3 Å². The normalized spacial score (nSPS) is 12.4. The van der Waals surface area contributed by atoms with Crippen LogP contribution in [0.3, 0.4) is 0 Å². The van der Waals surface area contributed by atoms with Gasteiger partial charge in [-0.05, 0) is 24.1 Å². The molecule has 5 nitrogen and oxygen atoms in total. The lowest BCUT2D eigenvalue weighted by atomic mass is 10.0. The fraction of sp³-hybridized carbons (Fsp3) is 0.400. The molecule has 1 aromatic heterocycles. The van der Waals surface area contributed by atoms with Gasteiger partial charge in [0.25, 0.3) is 0 Å². The van der Waals surface area contributed by atoms with E-state index >= 15 is 0 Å². The van der Waals surface area contributed by atoms with Gasteiger partial charge in [-0.1, -0.05) is 30.7 Å². The second-order valence-corrected chi connectivity index (χ2v) is 5.60. The van der Waals surface area contributed by atoms with Crippen molar-refractivity contribution in [2.75, 3.05) is 19.0 Å². The molecule has 0 saturated heterocycles. The van der Waals surface area contributed by atoms with Crippen molar-refractivity contribution < 1.29 is 0 Å². The Morgan fingerprint density at radius 3 is 2.81 bits per heavy atom. The molecule has 0 amide bonds. The Morgan fingerprint density at radius 2 is 2.19 bits per heavy atom. The summed E-state index contributed by atoms with van der Waals surface area (Å²) in [6.45, 7) is 2.92. The number of halogens is 1. The third kappa shape index (κ3) is 3.37. The van der Waals surface area contributed by atoms with Crippen molar-refractivity contribution in [3.05, 3.63) is 46.7 Å². The van der Waals surface area contributed by atoms with Gasteiger partial charge in [0, 0.05) is 26.3 Å². The van der Waals surface area contributed by atoms with E-state index in [0.717, 1.165) is 29.9 Å². The van der Waals surface area contributed by atoms with Crippen LogP contribution in [0.25, 0.3) is 0 Å². The fourth-order valence-electron chi connectivity index (χ4n) is 2.36. The molecule has 114 valence electrons. The third-order valence-corrected chi connectivity index (χ3v) is 3.72. The van der Waals surface area contributed by atoms with Gasteiger partial charge >= 0.3 is 0 Å². The summed E-state index contributed by atoms with van der Waals surface area (Å²) in [5.74, 6) is 5.79. The molecule has 0 spiro atoms. The highest BCUT2D eigenvalue weighted by Crippen LogP contribution is 2.29. The summed E-state index contributed by atoms with van der Waals surface area (Å²) in [5, 5.41) is 4.96. The Balaban J connectivity index is 2.44. The summed E-state index contributed by atoms with van der Waals surface area (Å²) in [6, 6.07) is 8.03. The molecule has 0 aliphatic heterocycles. The van der Waals surface area contributed by atoms with E-state index in [1.54, 1.807) is 6.20 Å². The minimum atomic E-state index is -0.188. The molecule has 0 aliphatic carbocycles. The van der Waals surface area contributed by atoms with Gasteiger partial charge in [-0.2, -0.15) is 5.10 Å². The summed E-state index contributed by atoms with van der Waals surface area (Å²) in [5.41, 5.74) is 5.94. The SMILES string of the molecule is CCCn1ncc(Cl)c1C(NN)c1cccc(N(C)C)c1. The smallest absolute Gasteiger partial charge is 0.0894 e. The highest BCUT2D eigenvalue weighted by atomic mass is 35.5. The minimum absolute atomic E-state index is 0.188. The number of aromatic nitrogens is 2. The average Bonchev–Trinajstić information content (AvgIpc) is 2.82. The van der Waals surface area contributed by atoms with E-state index in [1.165, 1.54) is 0 Å². The predicted molar refractivity (Wildman–Crippen MR) is 87.5 cm³/mol. The molecule has 0 radical (unpaired) electrons. The van der Waals surface area contributed by atoms with E-state index in [-0.39, 0.29) is 6.04 Å². The molecular formula is C15H22ClN5. The van der Waals surface area contributed by atoms with Gasteiger partial charge in [-0.15, -0.1) is 0 Å². The molecule has 0 aliphatic rings. The van der Waals surface area contributed by atoms with Crippen molar-refractivity contribution in [2.24, 2.45) is 5.84 Å². The van der Waals surface area contributed by atoms with Crippen LogP contribution in [0.4, 0.5) is 5.69 Å². The maximum absolute atomic E-state index is 6.32. The minimum Gasteiger partial charge on any atom is -0.378 e. The van der Waals surface area contributed by atoms with Gasteiger partial charge in [-0.25, -0.2) is 5.43 Å². The first-order valence-electron chi connectivity index (χ1n) is 7.03. The number of benzene rings is 1. The van der Waals surface area contributed by atoms with Gasteiger partial charge in [0.2, 0.25) is 0 Å². The Hall–Kier alpha value is -1.56. The largest absolute Gasteiger partial charge is 0.378 e. The van der Waals surface area contributed by atoms with Crippen LogP contribution < -0.4 is 16.2 Å². The van der Waals surface area contributed by atoms with Crippen molar-refractivity contribution in [3.8, 4) is 0 Å². The van der Waals surface area contributed by atoms with E-state index in [1.807, 2.05) is 30.9 Å². The second-order valence-electron chi connectivity index (χ2n) is 5.19. The zero-order valence-corrected chi connectivity index (χ0v) is 13.4. The van der Waals surface area contributed by atoms with Crippen LogP contribution in [0.5, 0.6) is 0 Å². The van der Waals surface area contributed by atoms with Crippen LogP contribution in [0.15, 0.2) is 30.5 Å². The Labute approximate surface area is 130 Å². The second kappa shape index (κ2) is 6.93. The van der Waals surface area contributed by atoms with E-state index < -0.39 is 0 Å². The maximum atomic E-state index is 6.32. The molecule has 0 bridgehead atoms. The number of rotatable bonds is 6. The van der Waals surface area contributed by atoms with Crippen LogP contribution in [0, 0.1) is 0 Å². The number of anilines is 1. The number of hydrazine groups is 1. The molecule has 1 atom stereocenters. The van der Waals surface area contributed by atoms with E-state index in [0.29, 0.717) is 5.02 Å². The van der Waals surface area contributed by atoms with Gasteiger partial charge in [0.15, 0.2) is 0 Å². The maximum Gasteiger partial charge on any atom is 0.0894 e. The van der Waals surface area contributed by atoms with Gasteiger partial charge in [0.1, 0.15) is 0 Å². The van der Waals surface area contributed by atoms with Crippen LogP contribution in [-0.2, 0) is 6.54 Å². The van der Waals surface area contributed by atoms with Crippen molar-refractivity contribution in [2.45, 2.75) is 25.9 Å². The summed E-state index contributed by atoms with van der Waals surface area (Å²) in [7, 11) is 4.02. The van der Waals surface area contributed by atoms with Crippen LogP contribution in [0.2, 0.25) is 5.02 Å². The Kier molecular flexibility index (Phi) is 5.22. The molecule has 0 fully saturated rings.